The van der Waals surface area contributed by atoms with Crippen LogP contribution in [-0.4, -0.2) is 12.1 Å². The highest BCUT2D eigenvalue weighted by Crippen LogP contribution is 2.31. The number of aromatic nitrogens is 1. The van der Waals surface area contributed by atoms with Gasteiger partial charge in [0.1, 0.15) is 11.6 Å². The quantitative estimate of drug-likeness (QED) is 0.681. The van der Waals surface area contributed by atoms with Crippen LogP contribution in [0.2, 0.25) is 0 Å². The Hall–Kier alpha value is -2.42. The molecule has 0 bridgehead atoms. The third kappa shape index (κ3) is 2.47. The fourth-order valence-corrected chi connectivity index (χ4v) is 2.52. The number of benzene rings is 2. The average Bonchev–Trinajstić information content (AvgIpc) is 2.48. The summed E-state index contributed by atoms with van der Waals surface area (Å²) in [6, 6.07) is 13.0. The number of rotatable bonds is 2. The Morgan fingerprint density at radius 1 is 1.00 bits per heavy atom. The maximum absolute atomic E-state index is 13.5. The van der Waals surface area contributed by atoms with E-state index in [0.29, 0.717) is 5.56 Å². The lowest BCUT2D eigenvalue weighted by molar-refractivity contribution is 0.415. The second-order valence-corrected chi connectivity index (χ2v) is 5.16. The van der Waals surface area contributed by atoms with Gasteiger partial charge in [0.05, 0.1) is 12.6 Å². The van der Waals surface area contributed by atoms with Crippen LogP contribution in [0.5, 0.6) is 5.75 Å². The molecule has 0 aliphatic heterocycles. The molecule has 1 aromatic heterocycles. The van der Waals surface area contributed by atoms with Crippen molar-refractivity contribution in [2.45, 2.75) is 13.8 Å². The molecule has 2 aromatic carbocycles. The molecule has 0 aliphatic carbocycles. The fourth-order valence-electron chi connectivity index (χ4n) is 2.52. The molecule has 0 saturated carbocycles. The second kappa shape index (κ2) is 5.17. The molecule has 3 heteroatoms. The highest BCUT2D eigenvalue weighted by atomic mass is 19.1. The van der Waals surface area contributed by atoms with E-state index in [0.717, 1.165) is 33.5 Å². The first-order valence-corrected chi connectivity index (χ1v) is 6.80. The van der Waals surface area contributed by atoms with Gasteiger partial charge in [-0.1, -0.05) is 6.07 Å². The number of ether oxygens (including phenoxy) is 1. The highest BCUT2D eigenvalue weighted by Gasteiger charge is 2.09. The predicted molar refractivity (Wildman–Crippen MR) is 83.2 cm³/mol. The van der Waals surface area contributed by atoms with Gasteiger partial charge in [-0.2, -0.15) is 0 Å². The Labute approximate surface area is 123 Å². The van der Waals surface area contributed by atoms with Crippen LogP contribution in [-0.2, 0) is 0 Å². The van der Waals surface area contributed by atoms with Gasteiger partial charge in [-0.05, 0) is 60.9 Å². The predicted octanol–water partition coefficient (Wildman–Crippen LogP) is 4.67. The van der Waals surface area contributed by atoms with E-state index in [1.54, 1.807) is 20.1 Å². The SMILES string of the molecule is COc1ccc2c(-c3ccc(F)c(C)c3)cc(C)nc2c1. The van der Waals surface area contributed by atoms with Crippen molar-refractivity contribution in [1.82, 2.24) is 4.98 Å². The maximum atomic E-state index is 13.5. The normalized spacial score (nSPS) is 10.9. The number of hydrogen-bond donors (Lipinski definition) is 0. The topological polar surface area (TPSA) is 22.1 Å². The van der Waals surface area contributed by atoms with Crippen LogP contribution >= 0.6 is 0 Å². The van der Waals surface area contributed by atoms with Gasteiger partial charge in [0.15, 0.2) is 0 Å². The molecule has 1 heterocycles. The van der Waals surface area contributed by atoms with Crippen LogP contribution in [0.15, 0.2) is 42.5 Å². The molecular weight excluding hydrogens is 265 g/mol. The Morgan fingerprint density at radius 2 is 1.81 bits per heavy atom. The van der Waals surface area contributed by atoms with Crippen LogP contribution in [0.1, 0.15) is 11.3 Å². The molecule has 21 heavy (non-hydrogen) atoms. The molecule has 0 unspecified atom stereocenters. The Morgan fingerprint density at radius 3 is 2.52 bits per heavy atom. The Kier molecular flexibility index (Phi) is 3.34. The van der Waals surface area contributed by atoms with Gasteiger partial charge in [0, 0.05) is 17.1 Å². The maximum Gasteiger partial charge on any atom is 0.126 e. The van der Waals surface area contributed by atoms with Gasteiger partial charge in [0.2, 0.25) is 0 Å². The number of pyridine rings is 1. The third-order valence-electron chi connectivity index (χ3n) is 3.61. The number of nitrogens with zero attached hydrogens (tertiary/aromatic N) is 1. The molecule has 3 rings (SSSR count). The minimum Gasteiger partial charge on any atom is -0.497 e. The molecule has 0 radical (unpaired) electrons. The van der Waals surface area contributed by atoms with Crippen molar-refractivity contribution in [3.63, 3.8) is 0 Å². The summed E-state index contributed by atoms with van der Waals surface area (Å²) in [5.74, 6) is 0.595. The van der Waals surface area contributed by atoms with Crippen LogP contribution < -0.4 is 4.74 Å². The lowest BCUT2D eigenvalue weighted by Crippen LogP contribution is -1.91. The average molecular weight is 281 g/mol. The molecule has 0 fully saturated rings. The van der Waals surface area contributed by atoms with E-state index in [1.807, 2.05) is 37.3 Å². The van der Waals surface area contributed by atoms with Crippen molar-refractivity contribution >= 4 is 10.9 Å². The first-order chi connectivity index (χ1) is 10.1. The van der Waals surface area contributed by atoms with Crippen LogP contribution in [0, 0.1) is 19.7 Å². The fraction of sp³-hybridized carbons (Fsp3) is 0.167. The van der Waals surface area contributed by atoms with Gasteiger partial charge in [-0.25, -0.2) is 4.39 Å². The monoisotopic (exact) mass is 281 g/mol. The van der Waals surface area contributed by atoms with E-state index in [2.05, 4.69) is 4.98 Å². The van der Waals surface area contributed by atoms with Gasteiger partial charge in [-0.3, -0.25) is 4.98 Å². The summed E-state index contributed by atoms with van der Waals surface area (Å²) in [5, 5.41) is 1.03. The summed E-state index contributed by atoms with van der Waals surface area (Å²) < 4.78 is 18.7. The van der Waals surface area contributed by atoms with E-state index < -0.39 is 0 Å². The number of hydrogen-bond acceptors (Lipinski definition) is 2. The molecule has 0 N–H and O–H groups in total. The van der Waals surface area contributed by atoms with E-state index in [4.69, 9.17) is 4.74 Å². The van der Waals surface area contributed by atoms with E-state index >= 15 is 0 Å². The number of fused-ring (bicyclic) bond motifs is 1. The number of halogens is 1. The summed E-state index contributed by atoms with van der Waals surface area (Å²) >= 11 is 0. The van der Waals surface area contributed by atoms with Gasteiger partial charge < -0.3 is 4.74 Å². The van der Waals surface area contributed by atoms with Crippen molar-refractivity contribution < 1.29 is 9.13 Å². The third-order valence-corrected chi connectivity index (χ3v) is 3.61. The lowest BCUT2D eigenvalue weighted by Gasteiger charge is -2.10. The minimum absolute atomic E-state index is 0.185. The second-order valence-electron chi connectivity index (χ2n) is 5.16. The van der Waals surface area contributed by atoms with E-state index in [9.17, 15) is 4.39 Å². The molecule has 106 valence electrons. The molecule has 3 aromatic rings. The van der Waals surface area contributed by atoms with Crippen LogP contribution in [0.25, 0.3) is 22.0 Å². The molecule has 0 saturated heterocycles. The van der Waals surface area contributed by atoms with Gasteiger partial charge >= 0.3 is 0 Å². The van der Waals surface area contributed by atoms with Gasteiger partial charge in [-0.15, -0.1) is 0 Å². The molecule has 0 spiro atoms. The van der Waals surface area contributed by atoms with Crippen LogP contribution in [0.4, 0.5) is 4.39 Å². The molecular formula is C18H16FNO. The zero-order chi connectivity index (χ0) is 15.0. The zero-order valence-electron chi connectivity index (χ0n) is 12.3. The Bertz CT molecular complexity index is 827. The standard InChI is InChI=1S/C18H16FNO/c1-11-8-13(4-7-17(11)19)16-9-12(2)20-18-10-14(21-3)5-6-15(16)18/h4-10H,1-3H3. The van der Waals surface area contributed by atoms with E-state index in [1.165, 1.54) is 6.07 Å². The first kappa shape index (κ1) is 13.6. The number of methoxy groups -OCH3 is 1. The van der Waals surface area contributed by atoms with E-state index in [-0.39, 0.29) is 5.82 Å². The smallest absolute Gasteiger partial charge is 0.126 e. The summed E-state index contributed by atoms with van der Waals surface area (Å²) in [4.78, 5) is 4.56. The van der Waals surface area contributed by atoms with Crippen molar-refractivity contribution in [2.75, 3.05) is 7.11 Å². The minimum atomic E-state index is -0.185. The lowest BCUT2D eigenvalue weighted by atomic mass is 9.98. The van der Waals surface area contributed by atoms with Gasteiger partial charge in [0.25, 0.3) is 0 Å². The summed E-state index contributed by atoms with van der Waals surface area (Å²) in [6.45, 7) is 3.73. The van der Waals surface area contributed by atoms with Crippen molar-refractivity contribution in [3.8, 4) is 16.9 Å². The van der Waals surface area contributed by atoms with Crippen molar-refractivity contribution in [1.29, 1.82) is 0 Å². The highest BCUT2D eigenvalue weighted by molar-refractivity contribution is 5.95. The summed E-state index contributed by atoms with van der Waals surface area (Å²) in [5.41, 5.74) is 4.50. The molecule has 0 aliphatic rings. The summed E-state index contributed by atoms with van der Waals surface area (Å²) in [6.07, 6.45) is 0. The van der Waals surface area contributed by atoms with Crippen molar-refractivity contribution in [3.05, 3.63) is 59.5 Å². The zero-order valence-corrected chi connectivity index (χ0v) is 12.3. The summed E-state index contributed by atoms with van der Waals surface area (Å²) in [7, 11) is 1.64. The molecule has 2 nitrogen and oxygen atoms in total. The molecule has 0 amide bonds. The number of aryl methyl sites for hydroxylation is 2. The van der Waals surface area contributed by atoms with Crippen molar-refractivity contribution in [2.24, 2.45) is 0 Å². The van der Waals surface area contributed by atoms with Crippen LogP contribution in [0.3, 0.4) is 0 Å². The first-order valence-electron chi connectivity index (χ1n) is 6.80. The largest absolute Gasteiger partial charge is 0.497 e. The molecule has 0 atom stereocenters. The Balaban J connectivity index is 2.28.